The van der Waals surface area contributed by atoms with Crippen molar-refractivity contribution in [2.24, 2.45) is 5.41 Å². The molecule has 0 radical (unpaired) electrons. The van der Waals surface area contributed by atoms with Crippen molar-refractivity contribution in [3.63, 3.8) is 0 Å². The Balaban J connectivity index is 0.00000225. The van der Waals surface area contributed by atoms with Gasteiger partial charge in [-0.1, -0.05) is 29.8 Å². The molecule has 0 aromatic heterocycles. The summed E-state index contributed by atoms with van der Waals surface area (Å²) in [5.74, 6) is 0.136. The van der Waals surface area contributed by atoms with E-state index in [0.29, 0.717) is 24.5 Å². The highest BCUT2D eigenvalue weighted by molar-refractivity contribution is 7.90. The van der Waals surface area contributed by atoms with Gasteiger partial charge in [0.2, 0.25) is 5.91 Å². The van der Waals surface area contributed by atoms with Crippen LogP contribution in [0.15, 0.2) is 24.3 Å². The Morgan fingerprint density at radius 2 is 2.04 bits per heavy atom. The zero-order valence-electron chi connectivity index (χ0n) is 14.2. The minimum Gasteiger partial charge on any atom is -0.333 e. The lowest BCUT2D eigenvalue weighted by molar-refractivity contribution is -0.135. The summed E-state index contributed by atoms with van der Waals surface area (Å²) in [5.41, 5.74) is 0.591. The van der Waals surface area contributed by atoms with Crippen LogP contribution in [0.4, 0.5) is 0 Å². The van der Waals surface area contributed by atoms with Gasteiger partial charge >= 0.3 is 0 Å². The highest BCUT2D eigenvalue weighted by Crippen LogP contribution is 2.50. The topological polar surface area (TPSA) is 66.5 Å². The number of nitrogens with zero attached hydrogens (tertiary/aromatic N) is 1. The third-order valence-corrected chi connectivity index (χ3v) is 6.36. The maximum absolute atomic E-state index is 12.9. The number of piperazine rings is 1. The molecule has 5 nitrogen and oxygen atoms in total. The van der Waals surface area contributed by atoms with Crippen LogP contribution in [-0.4, -0.2) is 50.9 Å². The molecule has 2 fully saturated rings. The van der Waals surface area contributed by atoms with E-state index >= 15 is 0 Å². The molecule has 0 spiro atoms. The van der Waals surface area contributed by atoms with Crippen molar-refractivity contribution in [1.82, 2.24) is 10.2 Å². The SMILES string of the molecule is CS(=O)(=O)CC1(CC(=O)N2CCNCC2c2ccccc2Cl)CC1.Cl. The lowest BCUT2D eigenvalue weighted by Gasteiger charge is -2.37. The Morgan fingerprint density at radius 3 is 2.64 bits per heavy atom. The van der Waals surface area contributed by atoms with Crippen molar-refractivity contribution >= 4 is 39.8 Å². The standard InChI is InChI=1S/C17H23ClN2O3S.ClH/c1-24(22,23)12-17(6-7-17)10-16(21)20-9-8-19-11-15(20)13-4-2-3-5-14(13)18;/h2-5,15,19H,6-12H2,1H3;1H. The number of benzene rings is 1. The molecule has 1 aromatic carbocycles. The molecule has 1 heterocycles. The summed E-state index contributed by atoms with van der Waals surface area (Å²) in [5, 5.41) is 3.97. The molecular formula is C17H24Cl2N2O3S. The van der Waals surface area contributed by atoms with E-state index in [9.17, 15) is 13.2 Å². The Bertz CT molecular complexity index is 735. The Kier molecular flexibility index (Phi) is 6.41. The number of sulfone groups is 1. The summed E-state index contributed by atoms with van der Waals surface area (Å²) in [7, 11) is -3.07. The van der Waals surface area contributed by atoms with E-state index in [0.717, 1.165) is 24.9 Å². The van der Waals surface area contributed by atoms with Gasteiger partial charge in [0.1, 0.15) is 9.84 Å². The second-order valence-corrected chi connectivity index (χ2v) is 9.62. The van der Waals surface area contributed by atoms with Crippen molar-refractivity contribution in [2.75, 3.05) is 31.6 Å². The van der Waals surface area contributed by atoms with Gasteiger partial charge in [-0.3, -0.25) is 4.79 Å². The lowest BCUT2D eigenvalue weighted by atomic mass is 9.99. The maximum atomic E-state index is 12.9. The zero-order chi connectivity index (χ0) is 17.4. The monoisotopic (exact) mass is 406 g/mol. The number of rotatable bonds is 5. The quantitative estimate of drug-likeness (QED) is 0.815. The minimum absolute atomic E-state index is 0. The van der Waals surface area contributed by atoms with Crippen LogP contribution in [0.2, 0.25) is 5.02 Å². The van der Waals surface area contributed by atoms with E-state index < -0.39 is 9.84 Å². The van der Waals surface area contributed by atoms with Crippen LogP contribution in [0.5, 0.6) is 0 Å². The lowest BCUT2D eigenvalue weighted by Crippen LogP contribution is -2.49. The number of hydrogen-bond donors (Lipinski definition) is 1. The molecule has 1 aliphatic carbocycles. The van der Waals surface area contributed by atoms with Gasteiger partial charge < -0.3 is 10.2 Å². The fourth-order valence-corrected chi connectivity index (χ4v) is 5.32. The third-order valence-electron chi connectivity index (χ3n) is 4.88. The molecule has 1 atom stereocenters. The van der Waals surface area contributed by atoms with Gasteiger partial charge in [-0.15, -0.1) is 12.4 Å². The van der Waals surface area contributed by atoms with E-state index in [-0.39, 0.29) is 35.5 Å². The Hall–Kier alpha value is -0.820. The highest BCUT2D eigenvalue weighted by Gasteiger charge is 2.48. The predicted molar refractivity (Wildman–Crippen MR) is 102 cm³/mol. The molecule has 1 aromatic rings. The fourth-order valence-electron chi connectivity index (χ4n) is 3.55. The highest BCUT2D eigenvalue weighted by atomic mass is 35.5. The van der Waals surface area contributed by atoms with Crippen molar-refractivity contribution in [1.29, 1.82) is 0 Å². The number of halogens is 2. The molecule has 25 heavy (non-hydrogen) atoms. The van der Waals surface area contributed by atoms with Gasteiger partial charge in [0, 0.05) is 37.3 Å². The molecule has 0 bridgehead atoms. The summed E-state index contributed by atoms with van der Waals surface area (Å²) in [6.07, 6.45) is 3.18. The Morgan fingerprint density at radius 1 is 1.36 bits per heavy atom. The van der Waals surface area contributed by atoms with Crippen LogP contribution in [0, 0.1) is 5.41 Å². The number of hydrogen-bond acceptors (Lipinski definition) is 4. The van der Waals surface area contributed by atoms with E-state index in [4.69, 9.17) is 11.6 Å². The molecule has 1 saturated carbocycles. The van der Waals surface area contributed by atoms with E-state index in [1.807, 2.05) is 29.2 Å². The van der Waals surface area contributed by atoms with Crippen LogP contribution in [0.3, 0.4) is 0 Å². The molecular weight excluding hydrogens is 383 g/mol. The predicted octanol–water partition coefficient (Wildman–Crippen LogP) is 2.45. The zero-order valence-corrected chi connectivity index (χ0v) is 16.6. The molecule has 3 rings (SSSR count). The van der Waals surface area contributed by atoms with Gasteiger partial charge in [-0.2, -0.15) is 0 Å². The van der Waals surface area contributed by atoms with E-state index in [2.05, 4.69) is 5.32 Å². The molecule has 140 valence electrons. The van der Waals surface area contributed by atoms with E-state index in [1.165, 1.54) is 6.26 Å². The summed E-state index contributed by atoms with van der Waals surface area (Å²) in [4.78, 5) is 14.8. The van der Waals surface area contributed by atoms with Crippen molar-refractivity contribution < 1.29 is 13.2 Å². The number of carbonyl (C=O) groups excluding carboxylic acids is 1. The second-order valence-electron chi connectivity index (χ2n) is 7.08. The second kappa shape index (κ2) is 7.82. The summed E-state index contributed by atoms with van der Waals surface area (Å²) < 4.78 is 23.2. The smallest absolute Gasteiger partial charge is 0.223 e. The van der Waals surface area contributed by atoms with Gasteiger partial charge in [0.15, 0.2) is 0 Å². The van der Waals surface area contributed by atoms with Crippen molar-refractivity contribution in [2.45, 2.75) is 25.3 Å². The first-order valence-electron chi connectivity index (χ1n) is 8.22. The van der Waals surface area contributed by atoms with Crippen molar-refractivity contribution in [3.8, 4) is 0 Å². The molecule has 8 heteroatoms. The van der Waals surface area contributed by atoms with Crippen LogP contribution in [-0.2, 0) is 14.6 Å². The minimum atomic E-state index is -3.07. The maximum Gasteiger partial charge on any atom is 0.223 e. The van der Waals surface area contributed by atoms with Crippen LogP contribution < -0.4 is 5.32 Å². The van der Waals surface area contributed by atoms with Gasteiger partial charge in [0.25, 0.3) is 0 Å². The average molecular weight is 407 g/mol. The molecule has 1 saturated heterocycles. The van der Waals surface area contributed by atoms with Crippen molar-refractivity contribution in [3.05, 3.63) is 34.9 Å². The van der Waals surface area contributed by atoms with Gasteiger partial charge in [-0.25, -0.2) is 8.42 Å². The molecule has 2 aliphatic rings. The largest absolute Gasteiger partial charge is 0.333 e. The van der Waals surface area contributed by atoms with Crippen LogP contribution in [0.1, 0.15) is 30.9 Å². The number of nitrogens with one attached hydrogen (secondary N) is 1. The van der Waals surface area contributed by atoms with Gasteiger partial charge in [0.05, 0.1) is 11.8 Å². The van der Waals surface area contributed by atoms with Gasteiger partial charge in [-0.05, 0) is 29.9 Å². The van der Waals surface area contributed by atoms with Crippen LogP contribution in [0.25, 0.3) is 0 Å². The van der Waals surface area contributed by atoms with Crippen LogP contribution >= 0.6 is 24.0 Å². The summed E-state index contributed by atoms with van der Waals surface area (Å²) in [6, 6.07) is 7.47. The third kappa shape index (κ3) is 5.09. The molecule has 1 N–H and O–H groups in total. The summed E-state index contributed by atoms with van der Waals surface area (Å²) in [6.45, 7) is 2.02. The Labute approximate surface area is 160 Å². The molecule has 1 amide bonds. The first kappa shape index (κ1) is 20.5. The average Bonchev–Trinajstić information content (AvgIpc) is 3.24. The molecule has 1 aliphatic heterocycles. The van der Waals surface area contributed by atoms with E-state index in [1.54, 1.807) is 0 Å². The first-order chi connectivity index (χ1) is 11.3. The number of amides is 1. The number of carbonyl (C=O) groups is 1. The fraction of sp³-hybridized carbons (Fsp3) is 0.588. The first-order valence-corrected chi connectivity index (χ1v) is 10.7. The summed E-state index contributed by atoms with van der Waals surface area (Å²) >= 11 is 6.32. The normalized spacial score (nSPS) is 22.2. The molecule has 1 unspecified atom stereocenters.